The number of hydrogen-bond donors (Lipinski definition) is 1. The molecular formula is C9H8BrNOS2. The maximum Gasteiger partial charge on any atom is 0.122 e. The second-order valence-electron chi connectivity index (χ2n) is 2.85. The molecule has 2 nitrogen and oxygen atoms in total. The third kappa shape index (κ3) is 2.06. The molecule has 0 spiro atoms. The first-order valence-electron chi connectivity index (χ1n) is 4.06. The monoisotopic (exact) mass is 289 g/mol. The van der Waals surface area contributed by atoms with Gasteiger partial charge in [-0.3, -0.25) is 0 Å². The molecule has 0 amide bonds. The van der Waals surface area contributed by atoms with E-state index in [0.29, 0.717) is 0 Å². The van der Waals surface area contributed by atoms with Crippen LogP contribution in [0.2, 0.25) is 0 Å². The third-order valence-electron chi connectivity index (χ3n) is 1.70. The molecule has 74 valence electrons. The van der Waals surface area contributed by atoms with Crippen molar-refractivity contribution in [2.75, 3.05) is 0 Å². The molecule has 1 unspecified atom stereocenters. The van der Waals surface area contributed by atoms with Gasteiger partial charge in [-0.15, -0.1) is 22.7 Å². The van der Waals surface area contributed by atoms with Gasteiger partial charge in [0, 0.05) is 5.38 Å². The first-order chi connectivity index (χ1) is 6.66. The summed E-state index contributed by atoms with van der Waals surface area (Å²) in [4.78, 5) is 5.48. The van der Waals surface area contributed by atoms with E-state index < -0.39 is 6.10 Å². The highest BCUT2D eigenvalue weighted by Crippen LogP contribution is 2.32. The predicted octanol–water partition coefficient (Wildman–Crippen LogP) is 3.69. The van der Waals surface area contributed by atoms with Crippen molar-refractivity contribution in [3.05, 3.63) is 26.3 Å². The third-order valence-corrected chi connectivity index (χ3v) is 4.37. The van der Waals surface area contributed by atoms with Gasteiger partial charge in [-0.2, -0.15) is 0 Å². The lowest BCUT2D eigenvalue weighted by molar-refractivity contribution is 0.199. The fraction of sp³-hybridized carbons (Fsp3) is 0.222. The molecule has 14 heavy (non-hydrogen) atoms. The van der Waals surface area contributed by atoms with Crippen LogP contribution < -0.4 is 0 Å². The van der Waals surface area contributed by atoms with Crippen molar-refractivity contribution < 1.29 is 5.11 Å². The Labute approximate surface area is 98.4 Å². The number of rotatable bonds is 2. The van der Waals surface area contributed by atoms with Gasteiger partial charge in [-0.25, -0.2) is 4.98 Å². The van der Waals surface area contributed by atoms with Crippen LogP contribution >= 0.6 is 38.6 Å². The summed E-state index contributed by atoms with van der Waals surface area (Å²) in [7, 11) is 0. The van der Waals surface area contributed by atoms with Crippen molar-refractivity contribution in [1.29, 1.82) is 0 Å². The summed E-state index contributed by atoms with van der Waals surface area (Å²) in [6.45, 7) is 1.73. The summed E-state index contributed by atoms with van der Waals surface area (Å²) in [6, 6.07) is 4.02. The topological polar surface area (TPSA) is 33.1 Å². The zero-order valence-corrected chi connectivity index (χ0v) is 10.6. The lowest BCUT2D eigenvalue weighted by Gasteiger charge is -1.95. The van der Waals surface area contributed by atoms with E-state index in [4.69, 9.17) is 0 Å². The van der Waals surface area contributed by atoms with E-state index in [-0.39, 0.29) is 0 Å². The molecule has 0 aliphatic carbocycles. The Morgan fingerprint density at radius 3 is 2.79 bits per heavy atom. The second kappa shape index (κ2) is 4.10. The minimum atomic E-state index is -0.475. The number of aliphatic hydroxyl groups excluding tert-OH is 1. The highest BCUT2D eigenvalue weighted by Gasteiger charge is 2.09. The average Bonchev–Trinajstić information content (AvgIpc) is 2.70. The van der Waals surface area contributed by atoms with Crippen LogP contribution in [0.5, 0.6) is 0 Å². The van der Waals surface area contributed by atoms with Gasteiger partial charge < -0.3 is 5.11 Å². The molecular weight excluding hydrogens is 282 g/mol. The summed E-state index contributed by atoms with van der Waals surface area (Å²) in [6.07, 6.45) is -0.475. The molecule has 0 saturated heterocycles. The molecule has 0 radical (unpaired) electrons. The van der Waals surface area contributed by atoms with Gasteiger partial charge in [-0.05, 0) is 35.0 Å². The molecule has 0 aliphatic rings. The largest absolute Gasteiger partial charge is 0.386 e. The van der Waals surface area contributed by atoms with E-state index in [1.54, 1.807) is 18.3 Å². The zero-order chi connectivity index (χ0) is 10.1. The predicted molar refractivity (Wildman–Crippen MR) is 63.8 cm³/mol. The normalized spacial score (nSPS) is 13.1. The van der Waals surface area contributed by atoms with Crippen LogP contribution in [0.3, 0.4) is 0 Å². The highest BCUT2D eigenvalue weighted by atomic mass is 79.9. The van der Waals surface area contributed by atoms with Crippen molar-refractivity contribution in [3.8, 4) is 10.6 Å². The number of aliphatic hydroxyl groups is 1. The number of halogens is 1. The molecule has 2 heterocycles. The molecule has 0 aromatic carbocycles. The molecule has 0 bridgehead atoms. The van der Waals surface area contributed by atoms with Gasteiger partial charge in [0.2, 0.25) is 0 Å². The van der Waals surface area contributed by atoms with Gasteiger partial charge in [0.15, 0.2) is 0 Å². The van der Waals surface area contributed by atoms with E-state index in [9.17, 15) is 5.11 Å². The Balaban J connectivity index is 2.33. The fourth-order valence-electron chi connectivity index (χ4n) is 1.04. The molecule has 2 rings (SSSR count). The Hall–Kier alpha value is -0.230. The highest BCUT2D eigenvalue weighted by molar-refractivity contribution is 9.11. The minimum Gasteiger partial charge on any atom is -0.386 e. The Morgan fingerprint density at radius 1 is 1.50 bits per heavy atom. The van der Waals surface area contributed by atoms with Gasteiger partial charge in [0.1, 0.15) is 11.1 Å². The van der Waals surface area contributed by atoms with Crippen molar-refractivity contribution in [3.63, 3.8) is 0 Å². The molecule has 0 aliphatic heterocycles. The zero-order valence-electron chi connectivity index (χ0n) is 7.40. The van der Waals surface area contributed by atoms with Crippen LogP contribution in [0.25, 0.3) is 10.6 Å². The van der Waals surface area contributed by atoms with Gasteiger partial charge in [0.05, 0.1) is 14.4 Å². The number of thiazole rings is 1. The van der Waals surface area contributed by atoms with E-state index in [2.05, 4.69) is 20.9 Å². The van der Waals surface area contributed by atoms with Crippen LogP contribution in [0.4, 0.5) is 0 Å². The van der Waals surface area contributed by atoms with Crippen molar-refractivity contribution >= 4 is 38.6 Å². The molecule has 1 atom stereocenters. The number of aromatic nitrogens is 1. The van der Waals surface area contributed by atoms with Crippen LogP contribution in [-0.4, -0.2) is 10.1 Å². The minimum absolute atomic E-state index is 0.475. The van der Waals surface area contributed by atoms with Crippen LogP contribution in [0.15, 0.2) is 21.3 Å². The standard InChI is InChI=1S/C9H8BrNOS2/c1-5(12)9-11-6(4-13-9)7-2-3-8(10)14-7/h2-5,12H,1H3. The fourth-order valence-corrected chi connectivity index (χ4v) is 3.23. The van der Waals surface area contributed by atoms with Crippen LogP contribution in [0, 0.1) is 0 Å². The van der Waals surface area contributed by atoms with Crippen molar-refractivity contribution in [2.45, 2.75) is 13.0 Å². The first-order valence-corrected chi connectivity index (χ1v) is 6.55. The molecule has 2 aromatic heterocycles. The maximum absolute atomic E-state index is 9.33. The van der Waals surface area contributed by atoms with Gasteiger partial charge >= 0.3 is 0 Å². The smallest absolute Gasteiger partial charge is 0.122 e. The molecule has 1 N–H and O–H groups in total. The van der Waals surface area contributed by atoms with Crippen LogP contribution in [-0.2, 0) is 0 Å². The molecule has 0 saturated carbocycles. The molecule has 5 heteroatoms. The molecule has 2 aromatic rings. The summed E-state index contributed by atoms with van der Waals surface area (Å²) in [5.74, 6) is 0. The summed E-state index contributed by atoms with van der Waals surface area (Å²) < 4.78 is 1.10. The van der Waals surface area contributed by atoms with Gasteiger partial charge in [0.25, 0.3) is 0 Å². The maximum atomic E-state index is 9.33. The lowest BCUT2D eigenvalue weighted by atomic mass is 10.4. The van der Waals surface area contributed by atoms with E-state index in [1.165, 1.54) is 11.3 Å². The molecule has 0 fully saturated rings. The lowest BCUT2D eigenvalue weighted by Crippen LogP contribution is -1.88. The Morgan fingerprint density at radius 2 is 2.29 bits per heavy atom. The van der Waals surface area contributed by atoms with E-state index in [0.717, 1.165) is 19.4 Å². The quantitative estimate of drug-likeness (QED) is 0.915. The Bertz CT molecular complexity index is 435. The van der Waals surface area contributed by atoms with E-state index >= 15 is 0 Å². The number of thiophene rings is 1. The second-order valence-corrected chi connectivity index (χ2v) is 6.20. The number of hydrogen-bond acceptors (Lipinski definition) is 4. The average molecular weight is 290 g/mol. The van der Waals surface area contributed by atoms with E-state index in [1.807, 2.05) is 17.5 Å². The van der Waals surface area contributed by atoms with Crippen molar-refractivity contribution in [1.82, 2.24) is 4.98 Å². The summed E-state index contributed by atoms with van der Waals surface area (Å²) in [5.41, 5.74) is 0.946. The summed E-state index contributed by atoms with van der Waals surface area (Å²) in [5, 5.41) is 12.1. The van der Waals surface area contributed by atoms with Crippen LogP contribution in [0.1, 0.15) is 18.0 Å². The summed E-state index contributed by atoms with van der Waals surface area (Å²) >= 11 is 6.55. The van der Waals surface area contributed by atoms with Gasteiger partial charge in [-0.1, -0.05) is 0 Å². The first kappa shape index (κ1) is 10.3. The number of nitrogens with zero attached hydrogens (tertiary/aromatic N) is 1. The Kier molecular flexibility index (Phi) is 3.02. The van der Waals surface area contributed by atoms with Crippen molar-refractivity contribution in [2.24, 2.45) is 0 Å². The SMILES string of the molecule is CC(O)c1nc(-c2ccc(Br)s2)cs1.